The van der Waals surface area contributed by atoms with E-state index < -0.39 is 4.92 Å². The molecule has 0 N–H and O–H groups in total. The summed E-state index contributed by atoms with van der Waals surface area (Å²) in [7, 11) is 0. The average molecular weight is 324 g/mol. The Morgan fingerprint density at radius 3 is 2.21 bits per heavy atom. The number of nitrogens with zero attached hydrogens (tertiary/aromatic N) is 3. The van der Waals surface area contributed by atoms with Gasteiger partial charge in [-0.25, -0.2) is 0 Å². The van der Waals surface area contributed by atoms with E-state index in [0.29, 0.717) is 5.75 Å². The topological polar surface area (TPSA) is 78.2 Å². The molecule has 2 aromatic rings. The Bertz CT molecular complexity index is 606. The van der Waals surface area contributed by atoms with Crippen molar-refractivity contribution in [1.29, 1.82) is 0 Å². The fourth-order valence-electron chi connectivity index (χ4n) is 1.53. The molecule has 19 heavy (non-hydrogen) atoms. The van der Waals surface area contributed by atoms with Crippen molar-refractivity contribution in [3.05, 3.63) is 50.2 Å². The van der Waals surface area contributed by atoms with E-state index in [4.69, 9.17) is 4.74 Å². The first-order valence-electron chi connectivity index (χ1n) is 5.38. The maximum absolute atomic E-state index is 10.5. The zero-order valence-corrected chi connectivity index (χ0v) is 11.8. The Morgan fingerprint density at radius 1 is 1.21 bits per heavy atom. The standard InChI is InChI=1S/C12H10BrN3O3/c1-7-3-10(4-8(2)11(7)13)19-12-14-5-9(6-15-12)16(17)18/h3-6H,1-2H3. The summed E-state index contributed by atoms with van der Waals surface area (Å²) in [6.07, 6.45) is 2.22. The first-order valence-corrected chi connectivity index (χ1v) is 6.17. The summed E-state index contributed by atoms with van der Waals surface area (Å²) >= 11 is 3.46. The number of aryl methyl sites for hydroxylation is 2. The molecule has 0 saturated carbocycles. The van der Waals surface area contributed by atoms with Crippen molar-refractivity contribution in [2.75, 3.05) is 0 Å². The SMILES string of the molecule is Cc1cc(Oc2ncc([N+](=O)[O-])cn2)cc(C)c1Br. The van der Waals surface area contributed by atoms with E-state index in [0.717, 1.165) is 28.0 Å². The third kappa shape index (κ3) is 3.05. The van der Waals surface area contributed by atoms with E-state index in [1.165, 1.54) is 0 Å². The minimum atomic E-state index is -0.558. The van der Waals surface area contributed by atoms with E-state index in [1.807, 2.05) is 26.0 Å². The summed E-state index contributed by atoms with van der Waals surface area (Å²) in [4.78, 5) is 17.5. The molecule has 0 aliphatic carbocycles. The van der Waals surface area contributed by atoms with Crippen molar-refractivity contribution in [3.8, 4) is 11.8 Å². The molecule has 0 amide bonds. The maximum atomic E-state index is 10.5. The summed E-state index contributed by atoms with van der Waals surface area (Å²) in [5, 5.41) is 10.5. The molecule has 98 valence electrons. The van der Waals surface area contributed by atoms with E-state index in [-0.39, 0.29) is 11.7 Å². The van der Waals surface area contributed by atoms with E-state index in [2.05, 4.69) is 25.9 Å². The van der Waals surface area contributed by atoms with Crippen LogP contribution in [-0.4, -0.2) is 14.9 Å². The van der Waals surface area contributed by atoms with Crippen molar-refractivity contribution in [2.24, 2.45) is 0 Å². The minimum absolute atomic E-state index is 0.0757. The normalized spacial score (nSPS) is 10.3. The summed E-state index contributed by atoms with van der Waals surface area (Å²) in [6.45, 7) is 3.89. The van der Waals surface area contributed by atoms with Crippen LogP contribution >= 0.6 is 15.9 Å². The molecule has 0 saturated heterocycles. The second-order valence-corrected chi connectivity index (χ2v) is 4.75. The van der Waals surface area contributed by atoms with Gasteiger partial charge in [-0.1, -0.05) is 15.9 Å². The Hall–Kier alpha value is -2.02. The highest BCUT2D eigenvalue weighted by Gasteiger charge is 2.09. The molecule has 2 rings (SSSR count). The number of rotatable bonds is 3. The minimum Gasteiger partial charge on any atom is -0.424 e. The molecule has 1 aromatic carbocycles. The van der Waals surface area contributed by atoms with Gasteiger partial charge in [-0.2, -0.15) is 9.97 Å². The van der Waals surface area contributed by atoms with Gasteiger partial charge in [0, 0.05) is 4.47 Å². The van der Waals surface area contributed by atoms with Crippen LogP contribution in [0, 0.1) is 24.0 Å². The number of hydrogen-bond acceptors (Lipinski definition) is 5. The second-order valence-electron chi connectivity index (χ2n) is 3.95. The van der Waals surface area contributed by atoms with Crippen LogP contribution in [0.1, 0.15) is 11.1 Å². The molecule has 0 unspecified atom stereocenters. The van der Waals surface area contributed by atoms with Crippen LogP contribution < -0.4 is 4.74 Å². The molecule has 6 nitrogen and oxygen atoms in total. The molecule has 0 spiro atoms. The predicted molar refractivity (Wildman–Crippen MR) is 72.4 cm³/mol. The molecule has 0 aliphatic rings. The third-order valence-corrected chi connectivity index (χ3v) is 3.70. The highest BCUT2D eigenvalue weighted by molar-refractivity contribution is 9.10. The Morgan fingerprint density at radius 2 is 1.74 bits per heavy atom. The molecule has 0 bridgehead atoms. The van der Waals surface area contributed by atoms with Crippen molar-refractivity contribution in [2.45, 2.75) is 13.8 Å². The maximum Gasteiger partial charge on any atom is 0.322 e. The molecule has 1 heterocycles. The number of hydrogen-bond donors (Lipinski definition) is 0. The number of nitro groups is 1. The predicted octanol–water partition coefficient (Wildman–Crippen LogP) is 3.56. The lowest BCUT2D eigenvalue weighted by Crippen LogP contribution is -1.95. The van der Waals surface area contributed by atoms with Gasteiger partial charge >= 0.3 is 11.7 Å². The third-order valence-electron chi connectivity index (χ3n) is 2.44. The molecule has 7 heteroatoms. The zero-order chi connectivity index (χ0) is 14.0. The zero-order valence-electron chi connectivity index (χ0n) is 10.3. The smallest absolute Gasteiger partial charge is 0.322 e. The van der Waals surface area contributed by atoms with Crippen molar-refractivity contribution >= 4 is 21.6 Å². The van der Waals surface area contributed by atoms with Crippen molar-refractivity contribution in [1.82, 2.24) is 9.97 Å². The van der Waals surface area contributed by atoms with Crippen LogP contribution in [-0.2, 0) is 0 Å². The molecule has 0 fully saturated rings. The molecule has 0 atom stereocenters. The van der Waals surface area contributed by atoms with Crippen LogP contribution in [0.2, 0.25) is 0 Å². The van der Waals surface area contributed by atoms with Crippen LogP contribution in [0.4, 0.5) is 5.69 Å². The van der Waals surface area contributed by atoms with E-state index >= 15 is 0 Å². The van der Waals surface area contributed by atoms with Crippen LogP contribution in [0.5, 0.6) is 11.8 Å². The van der Waals surface area contributed by atoms with Crippen molar-refractivity contribution < 1.29 is 9.66 Å². The molecule has 0 radical (unpaired) electrons. The quantitative estimate of drug-likeness (QED) is 0.637. The van der Waals surface area contributed by atoms with Gasteiger partial charge in [0.05, 0.1) is 4.92 Å². The lowest BCUT2D eigenvalue weighted by atomic mass is 10.1. The Balaban J connectivity index is 2.24. The van der Waals surface area contributed by atoms with Gasteiger partial charge in [-0.05, 0) is 37.1 Å². The van der Waals surface area contributed by atoms with Gasteiger partial charge < -0.3 is 4.74 Å². The molecule has 0 aliphatic heterocycles. The van der Waals surface area contributed by atoms with E-state index in [9.17, 15) is 10.1 Å². The lowest BCUT2D eigenvalue weighted by Gasteiger charge is -2.08. The highest BCUT2D eigenvalue weighted by Crippen LogP contribution is 2.28. The molecular formula is C12H10BrN3O3. The molecule has 1 aromatic heterocycles. The second kappa shape index (κ2) is 5.31. The molecular weight excluding hydrogens is 314 g/mol. The van der Waals surface area contributed by atoms with Gasteiger partial charge in [0.2, 0.25) is 0 Å². The monoisotopic (exact) mass is 323 g/mol. The summed E-state index contributed by atoms with van der Waals surface area (Å²) < 4.78 is 6.48. The van der Waals surface area contributed by atoms with Gasteiger partial charge in [-0.3, -0.25) is 10.1 Å². The number of halogens is 1. The van der Waals surface area contributed by atoms with Gasteiger partial charge in [0.25, 0.3) is 0 Å². The number of ether oxygens (including phenoxy) is 1. The number of benzene rings is 1. The van der Waals surface area contributed by atoms with Gasteiger partial charge in [0.15, 0.2) is 0 Å². The lowest BCUT2D eigenvalue weighted by molar-refractivity contribution is -0.385. The Labute approximate surface area is 117 Å². The Kier molecular flexibility index (Phi) is 3.75. The number of aromatic nitrogens is 2. The van der Waals surface area contributed by atoms with Crippen LogP contribution in [0.3, 0.4) is 0 Å². The first kappa shape index (κ1) is 13.4. The van der Waals surface area contributed by atoms with Crippen LogP contribution in [0.25, 0.3) is 0 Å². The van der Waals surface area contributed by atoms with Gasteiger partial charge in [-0.15, -0.1) is 0 Å². The summed E-state index contributed by atoms with van der Waals surface area (Å²) in [5.41, 5.74) is 1.88. The fourth-order valence-corrected chi connectivity index (χ4v) is 1.76. The largest absolute Gasteiger partial charge is 0.424 e. The highest BCUT2D eigenvalue weighted by atomic mass is 79.9. The summed E-state index contributed by atoms with van der Waals surface area (Å²) in [6, 6.07) is 3.75. The van der Waals surface area contributed by atoms with E-state index in [1.54, 1.807) is 0 Å². The summed E-state index contributed by atoms with van der Waals surface area (Å²) in [5.74, 6) is 0.590. The average Bonchev–Trinajstić information content (AvgIpc) is 2.36. The van der Waals surface area contributed by atoms with Crippen molar-refractivity contribution in [3.63, 3.8) is 0 Å². The van der Waals surface area contributed by atoms with Gasteiger partial charge in [0.1, 0.15) is 18.1 Å². The fraction of sp³-hybridized carbons (Fsp3) is 0.167. The first-order chi connectivity index (χ1) is 8.97. The van der Waals surface area contributed by atoms with Crippen LogP contribution in [0.15, 0.2) is 29.0 Å².